The van der Waals surface area contributed by atoms with Crippen LogP contribution in [0.1, 0.15) is 45.6 Å². The fourth-order valence-corrected chi connectivity index (χ4v) is 5.96. The number of carboxylic acid groups (broad SMARTS) is 1. The normalized spacial score (nSPS) is 16.0. The topological polar surface area (TPSA) is 89.7 Å². The van der Waals surface area contributed by atoms with Crippen molar-refractivity contribution in [3.05, 3.63) is 88.7 Å². The van der Waals surface area contributed by atoms with E-state index in [2.05, 4.69) is 28.1 Å². The Hall–Kier alpha value is -4.01. The first-order valence-corrected chi connectivity index (χ1v) is 14.3. The Balaban J connectivity index is 1.18. The highest BCUT2D eigenvalue weighted by molar-refractivity contribution is 5.86. The predicted octanol–water partition coefficient (Wildman–Crippen LogP) is 5.52. The second-order valence-electron chi connectivity index (χ2n) is 11.1. The molecule has 6 rings (SSSR count). The van der Waals surface area contributed by atoms with Crippen molar-refractivity contribution in [2.45, 2.75) is 39.3 Å². The number of aromatic carboxylic acids is 1. The van der Waals surface area contributed by atoms with Gasteiger partial charge in [-0.25, -0.2) is 14.8 Å². The molecule has 8 nitrogen and oxygen atoms in total. The van der Waals surface area contributed by atoms with Crippen LogP contribution in [0, 0.1) is 12.8 Å². The van der Waals surface area contributed by atoms with Gasteiger partial charge in [-0.1, -0.05) is 36.4 Å². The van der Waals surface area contributed by atoms with E-state index in [0.29, 0.717) is 18.1 Å². The van der Waals surface area contributed by atoms with E-state index in [1.807, 2.05) is 43.3 Å². The summed E-state index contributed by atoms with van der Waals surface area (Å²) < 4.78 is 13.5. The monoisotopic (exact) mass is 552 g/mol. The molecule has 1 N–H and O–H groups in total. The Kier molecular flexibility index (Phi) is 7.85. The number of hydrogen-bond donors (Lipinski definition) is 1. The van der Waals surface area contributed by atoms with E-state index in [0.717, 1.165) is 66.8 Å². The molecule has 0 unspecified atom stereocenters. The minimum absolute atomic E-state index is 0.115. The van der Waals surface area contributed by atoms with E-state index < -0.39 is 5.97 Å². The highest BCUT2D eigenvalue weighted by atomic mass is 16.5. The van der Waals surface area contributed by atoms with Gasteiger partial charge in [0.1, 0.15) is 23.7 Å². The van der Waals surface area contributed by atoms with Gasteiger partial charge in [-0.2, -0.15) is 0 Å². The number of para-hydroxylation sites is 1. The SMILES string of the molecule is Cc1cccc(-c2cccc(-c3ncc(C(=O)O)n3C)n2)c1OCc1ccc2c(c1)CCN(CC1CCOCC1)C2. The summed E-state index contributed by atoms with van der Waals surface area (Å²) in [6, 6.07) is 18.5. The lowest BCUT2D eigenvalue weighted by molar-refractivity contribution is 0.0506. The molecule has 4 heterocycles. The third-order valence-electron chi connectivity index (χ3n) is 8.28. The number of carboxylic acids is 1. The van der Waals surface area contributed by atoms with E-state index in [1.54, 1.807) is 11.6 Å². The maximum Gasteiger partial charge on any atom is 0.354 e. The van der Waals surface area contributed by atoms with Crippen LogP contribution in [0.5, 0.6) is 5.75 Å². The zero-order valence-corrected chi connectivity index (χ0v) is 23.7. The molecule has 4 aromatic rings. The zero-order chi connectivity index (χ0) is 28.3. The molecule has 0 aliphatic carbocycles. The fraction of sp³-hybridized carbons (Fsp3) is 0.364. The second kappa shape index (κ2) is 11.8. The van der Waals surface area contributed by atoms with E-state index in [-0.39, 0.29) is 5.69 Å². The van der Waals surface area contributed by atoms with Gasteiger partial charge < -0.3 is 19.1 Å². The number of hydrogen-bond acceptors (Lipinski definition) is 6. The summed E-state index contributed by atoms with van der Waals surface area (Å²) in [6.45, 7) is 7.60. The van der Waals surface area contributed by atoms with Crippen molar-refractivity contribution in [3.63, 3.8) is 0 Å². The van der Waals surface area contributed by atoms with Gasteiger partial charge in [0.25, 0.3) is 0 Å². The maximum absolute atomic E-state index is 11.5. The Labute approximate surface area is 240 Å². The summed E-state index contributed by atoms with van der Waals surface area (Å²) in [6.07, 6.45) is 4.77. The number of rotatable bonds is 8. The molecule has 8 heteroatoms. The molecular formula is C33H36N4O4. The Morgan fingerprint density at radius 1 is 1.07 bits per heavy atom. The average Bonchev–Trinajstić information content (AvgIpc) is 3.38. The number of imidazole rings is 1. The van der Waals surface area contributed by atoms with Gasteiger partial charge in [-0.05, 0) is 72.6 Å². The van der Waals surface area contributed by atoms with Gasteiger partial charge in [0.2, 0.25) is 0 Å². The van der Waals surface area contributed by atoms with Crippen LogP contribution in [-0.2, 0) is 31.4 Å². The number of ether oxygens (including phenoxy) is 2. The first-order valence-electron chi connectivity index (χ1n) is 14.3. The highest BCUT2D eigenvalue weighted by Gasteiger charge is 2.22. The molecule has 0 spiro atoms. The maximum atomic E-state index is 11.5. The number of aromatic nitrogens is 3. The number of pyridine rings is 1. The largest absolute Gasteiger partial charge is 0.488 e. The van der Waals surface area contributed by atoms with Crippen LogP contribution in [0.25, 0.3) is 22.8 Å². The minimum atomic E-state index is -1.02. The number of carbonyl (C=O) groups is 1. The Morgan fingerprint density at radius 2 is 1.88 bits per heavy atom. The second-order valence-corrected chi connectivity index (χ2v) is 11.1. The molecule has 0 bridgehead atoms. The molecule has 1 saturated heterocycles. The van der Waals surface area contributed by atoms with Crippen molar-refractivity contribution in [2.24, 2.45) is 13.0 Å². The highest BCUT2D eigenvalue weighted by Crippen LogP contribution is 2.34. The van der Waals surface area contributed by atoms with Crippen molar-refractivity contribution < 1.29 is 19.4 Å². The van der Waals surface area contributed by atoms with Gasteiger partial charge in [0.15, 0.2) is 5.82 Å². The summed E-state index contributed by atoms with van der Waals surface area (Å²) in [4.78, 5) is 23.2. The summed E-state index contributed by atoms with van der Waals surface area (Å²) in [5, 5.41) is 9.41. The van der Waals surface area contributed by atoms with Crippen molar-refractivity contribution in [2.75, 3.05) is 26.3 Å². The number of aryl methyl sites for hydroxylation is 1. The molecule has 2 aromatic carbocycles. The van der Waals surface area contributed by atoms with Gasteiger partial charge in [-0.3, -0.25) is 4.90 Å². The molecule has 0 amide bonds. The lowest BCUT2D eigenvalue weighted by atomic mass is 9.94. The molecule has 212 valence electrons. The zero-order valence-electron chi connectivity index (χ0n) is 23.7. The van der Waals surface area contributed by atoms with Gasteiger partial charge in [0.05, 0.1) is 11.9 Å². The molecule has 0 radical (unpaired) electrons. The van der Waals surface area contributed by atoms with Gasteiger partial charge in [0, 0.05) is 45.5 Å². The average molecular weight is 553 g/mol. The van der Waals surface area contributed by atoms with E-state index in [1.165, 1.54) is 36.7 Å². The first-order chi connectivity index (χ1) is 20.0. The predicted molar refractivity (Wildman–Crippen MR) is 157 cm³/mol. The molecule has 0 saturated carbocycles. The molecule has 2 aliphatic heterocycles. The van der Waals surface area contributed by atoms with Crippen LogP contribution >= 0.6 is 0 Å². The van der Waals surface area contributed by atoms with Crippen molar-refractivity contribution in [1.82, 2.24) is 19.4 Å². The molecule has 41 heavy (non-hydrogen) atoms. The van der Waals surface area contributed by atoms with Crippen molar-refractivity contribution in [1.29, 1.82) is 0 Å². The first kappa shape index (κ1) is 27.2. The third-order valence-corrected chi connectivity index (χ3v) is 8.28. The smallest absolute Gasteiger partial charge is 0.354 e. The van der Waals surface area contributed by atoms with Crippen molar-refractivity contribution in [3.8, 4) is 28.5 Å². The number of nitrogens with zero attached hydrogens (tertiary/aromatic N) is 4. The minimum Gasteiger partial charge on any atom is -0.488 e. The molecule has 2 aliphatic rings. The van der Waals surface area contributed by atoms with Crippen molar-refractivity contribution >= 4 is 5.97 Å². The van der Waals surface area contributed by atoms with Crippen LogP contribution < -0.4 is 4.74 Å². The van der Waals surface area contributed by atoms with Crippen LogP contribution in [0.15, 0.2) is 60.8 Å². The van der Waals surface area contributed by atoms with Gasteiger partial charge in [-0.15, -0.1) is 0 Å². The fourth-order valence-electron chi connectivity index (χ4n) is 5.96. The Bertz CT molecular complexity index is 1560. The van der Waals surface area contributed by atoms with Crippen LogP contribution in [-0.4, -0.2) is 56.8 Å². The molecular weight excluding hydrogens is 516 g/mol. The van der Waals surface area contributed by atoms with E-state index in [9.17, 15) is 9.90 Å². The quantitative estimate of drug-likeness (QED) is 0.308. The Morgan fingerprint density at radius 3 is 2.68 bits per heavy atom. The number of fused-ring (bicyclic) bond motifs is 1. The van der Waals surface area contributed by atoms with Crippen LogP contribution in [0.3, 0.4) is 0 Å². The summed E-state index contributed by atoms with van der Waals surface area (Å²) in [7, 11) is 1.68. The van der Waals surface area contributed by atoms with Crippen LogP contribution in [0.2, 0.25) is 0 Å². The molecule has 2 aromatic heterocycles. The lowest BCUT2D eigenvalue weighted by Crippen LogP contribution is -2.36. The van der Waals surface area contributed by atoms with E-state index in [4.69, 9.17) is 14.5 Å². The summed E-state index contributed by atoms with van der Waals surface area (Å²) >= 11 is 0. The summed E-state index contributed by atoms with van der Waals surface area (Å²) in [5.41, 5.74) is 7.38. The third kappa shape index (κ3) is 5.89. The standard InChI is InChI=1S/C33H36N4O4/c1-22-5-3-6-27(28-7-4-8-29(35-28)32-34-18-30(33(38)39)36(32)2)31(22)41-21-24-9-10-26-20-37(14-11-25(26)17-24)19-23-12-15-40-16-13-23/h3-10,17-18,23H,11-16,19-21H2,1-2H3,(H,38,39). The van der Waals surface area contributed by atoms with E-state index >= 15 is 0 Å². The lowest BCUT2D eigenvalue weighted by Gasteiger charge is -2.33. The van der Waals surface area contributed by atoms with Crippen LogP contribution in [0.4, 0.5) is 0 Å². The summed E-state index contributed by atoms with van der Waals surface area (Å²) in [5.74, 6) is 1.02. The molecule has 1 fully saturated rings. The molecule has 0 atom stereocenters. The van der Waals surface area contributed by atoms with Gasteiger partial charge >= 0.3 is 5.97 Å². The number of benzene rings is 2.